The molecule has 0 radical (unpaired) electrons. The van der Waals surface area contributed by atoms with Crippen molar-refractivity contribution in [3.63, 3.8) is 0 Å². The summed E-state index contributed by atoms with van der Waals surface area (Å²) in [4.78, 5) is 0. The summed E-state index contributed by atoms with van der Waals surface area (Å²) in [5, 5.41) is 0. The van der Waals surface area contributed by atoms with Crippen LogP contribution in [0.5, 0.6) is 0 Å². The molecule has 0 amide bonds. The first kappa shape index (κ1) is 11.4. The van der Waals surface area contributed by atoms with Crippen molar-refractivity contribution < 1.29 is 9.47 Å². The Morgan fingerprint density at radius 2 is 1.87 bits per heavy atom. The summed E-state index contributed by atoms with van der Waals surface area (Å²) in [6.07, 6.45) is 11.8. The van der Waals surface area contributed by atoms with Gasteiger partial charge in [-0.2, -0.15) is 0 Å². The van der Waals surface area contributed by atoms with Gasteiger partial charge >= 0.3 is 0 Å². The van der Waals surface area contributed by atoms with Crippen LogP contribution in [0.1, 0.15) is 51.4 Å². The molecule has 88 valence electrons. The SMILES string of the molecule is C1CCC(CCCCOCC2CO2)CC1. The van der Waals surface area contributed by atoms with Crippen molar-refractivity contribution >= 4 is 0 Å². The number of hydrogen-bond donors (Lipinski definition) is 0. The molecule has 0 aromatic rings. The van der Waals surface area contributed by atoms with Crippen LogP contribution in [0, 0.1) is 5.92 Å². The van der Waals surface area contributed by atoms with Gasteiger partial charge in [-0.25, -0.2) is 0 Å². The molecule has 0 aromatic heterocycles. The topological polar surface area (TPSA) is 21.8 Å². The van der Waals surface area contributed by atoms with Gasteiger partial charge in [0, 0.05) is 6.61 Å². The van der Waals surface area contributed by atoms with Gasteiger partial charge in [0.2, 0.25) is 0 Å². The molecule has 1 atom stereocenters. The van der Waals surface area contributed by atoms with Crippen molar-refractivity contribution in [1.82, 2.24) is 0 Å². The smallest absolute Gasteiger partial charge is 0.104 e. The first-order valence-corrected chi connectivity index (χ1v) is 6.64. The minimum atomic E-state index is 0.434. The molecule has 1 heterocycles. The number of rotatable bonds is 7. The molecule has 1 unspecified atom stereocenters. The second-order valence-corrected chi connectivity index (χ2v) is 5.03. The van der Waals surface area contributed by atoms with Crippen molar-refractivity contribution in [2.45, 2.75) is 57.5 Å². The predicted octanol–water partition coefficient (Wildman–Crippen LogP) is 3.15. The second-order valence-electron chi connectivity index (χ2n) is 5.03. The molecule has 1 saturated heterocycles. The van der Waals surface area contributed by atoms with Crippen LogP contribution in [-0.2, 0) is 9.47 Å². The van der Waals surface area contributed by atoms with Crippen molar-refractivity contribution in [1.29, 1.82) is 0 Å². The van der Waals surface area contributed by atoms with Crippen molar-refractivity contribution in [3.8, 4) is 0 Å². The summed E-state index contributed by atoms with van der Waals surface area (Å²) in [5.74, 6) is 1.03. The van der Waals surface area contributed by atoms with Gasteiger partial charge in [-0.15, -0.1) is 0 Å². The molecule has 0 bridgehead atoms. The fourth-order valence-corrected chi connectivity index (χ4v) is 2.49. The number of ether oxygens (including phenoxy) is 2. The molecule has 2 aliphatic rings. The van der Waals surface area contributed by atoms with E-state index in [2.05, 4.69) is 0 Å². The monoisotopic (exact) mass is 212 g/mol. The lowest BCUT2D eigenvalue weighted by molar-refractivity contribution is 0.111. The molecule has 15 heavy (non-hydrogen) atoms. The maximum atomic E-state index is 5.52. The Labute approximate surface area is 93.3 Å². The van der Waals surface area contributed by atoms with E-state index in [1.165, 1.54) is 51.4 Å². The van der Waals surface area contributed by atoms with Gasteiger partial charge in [0.15, 0.2) is 0 Å². The molecule has 0 N–H and O–H groups in total. The van der Waals surface area contributed by atoms with Gasteiger partial charge in [0.25, 0.3) is 0 Å². The van der Waals surface area contributed by atoms with Crippen LogP contribution in [0.15, 0.2) is 0 Å². The quantitative estimate of drug-likeness (QED) is 0.477. The standard InChI is InChI=1S/C13H24O2/c1-2-6-12(7-3-1)8-4-5-9-14-10-13-11-15-13/h12-13H,1-11H2. The largest absolute Gasteiger partial charge is 0.379 e. The van der Waals surface area contributed by atoms with Crippen molar-refractivity contribution in [2.24, 2.45) is 5.92 Å². The van der Waals surface area contributed by atoms with Crippen molar-refractivity contribution in [3.05, 3.63) is 0 Å². The number of unbranched alkanes of at least 4 members (excludes halogenated alkanes) is 1. The fraction of sp³-hybridized carbons (Fsp3) is 1.00. The molecule has 1 aliphatic heterocycles. The summed E-state index contributed by atoms with van der Waals surface area (Å²) < 4.78 is 10.6. The summed E-state index contributed by atoms with van der Waals surface area (Å²) in [6.45, 7) is 2.68. The highest BCUT2D eigenvalue weighted by Gasteiger charge is 2.21. The third kappa shape index (κ3) is 4.98. The van der Waals surface area contributed by atoms with E-state index >= 15 is 0 Å². The van der Waals surface area contributed by atoms with Crippen LogP contribution in [0.2, 0.25) is 0 Å². The Morgan fingerprint density at radius 1 is 1.07 bits per heavy atom. The zero-order valence-corrected chi connectivity index (χ0v) is 9.75. The van der Waals surface area contributed by atoms with E-state index in [4.69, 9.17) is 9.47 Å². The Hall–Kier alpha value is -0.0800. The lowest BCUT2D eigenvalue weighted by Gasteiger charge is -2.21. The average molecular weight is 212 g/mol. The zero-order chi connectivity index (χ0) is 10.3. The van der Waals surface area contributed by atoms with E-state index in [0.29, 0.717) is 6.10 Å². The molecule has 1 saturated carbocycles. The lowest BCUT2D eigenvalue weighted by atomic mass is 9.86. The first-order valence-electron chi connectivity index (χ1n) is 6.64. The highest BCUT2D eigenvalue weighted by Crippen LogP contribution is 2.27. The minimum Gasteiger partial charge on any atom is -0.379 e. The van der Waals surface area contributed by atoms with Crippen LogP contribution in [-0.4, -0.2) is 25.9 Å². The molecule has 2 nitrogen and oxygen atoms in total. The van der Waals surface area contributed by atoms with E-state index in [1.807, 2.05) is 0 Å². The Morgan fingerprint density at radius 3 is 2.60 bits per heavy atom. The molecule has 2 fully saturated rings. The van der Waals surface area contributed by atoms with Crippen LogP contribution >= 0.6 is 0 Å². The molecular formula is C13H24O2. The molecule has 0 aromatic carbocycles. The Bertz CT molecular complexity index is 160. The van der Waals surface area contributed by atoms with E-state index in [0.717, 1.165) is 25.7 Å². The molecule has 2 rings (SSSR count). The van der Waals surface area contributed by atoms with Crippen LogP contribution < -0.4 is 0 Å². The zero-order valence-electron chi connectivity index (χ0n) is 9.75. The number of hydrogen-bond acceptors (Lipinski definition) is 2. The molecule has 0 spiro atoms. The van der Waals surface area contributed by atoms with Gasteiger partial charge < -0.3 is 9.47 Å². The maximum absolute atomic E-state index is 5.52. The van der Waals surface area contributed by atoms with E-state index < -0.39 is 0 Å². The second kappa shape index (κ2) is 6.49. The lowest BCUT2D eigenvalue weighted by Crippen LogP contribution is -2.07. The predicted molar refractivity (Wildman–Crippen MR) is 61.0 cm³/mol. The highest BCUT2D eigenvalue weighted by atomic mass is 16.6. The van der Waals surface area contributed by atoms with Gasteiger partial charge in [0.05, 0.1) is 13.2 Å². The third-order valence-corrected chi connectivity index (χ3v) is 3.58. The summed E-state index contributed by atoms with van der Waals surface area (Å²) >= 11 is 0. The maximum Gasteiger partial charge on any atom is 0.104 e. The Balaban J connectivity index is 1.37. The molecular weight excluding hydrogens is 188 g/mol. The highest BCUT2D eigenvalue weighted by molar-refractivity contribution is 4.67. The van der Waals surface area contributed by atoms with Crippen LogP contribution in [0.25, 0.3) is 0 Å². The summed E-state index contributed by atoms with van der Waals surface area (Å²) in [6, 6.07) is 0. The normalized spacial score (nSPS) is 26.8. The summed E-state index contributed by atoms with van der Waals surface area (Å²) in [5.41, 5.74) is 0. The minimum absolute atomic E-state index is 0.434. The molecule has 2 heteroatoms. The van der Waals surface area contributed by atoms with Crippen LogP contribution in [0.4, 0.5) is 0 Å². The van der Waals surface area contributed by atoms with E-state index in [9.17, 15) is 0 Å². The van der Waals surface area contributed by atoms with Gasteiger partial charge in [-0.3, -0.25) is 0 Å². The van der Waals surface area contributed by atoms with E-state index in [1.54, 1.807) is 0 Å². The number of epoxide rings is 1. The average Bonchev–Trinajstić information content (AvgIpc) is 3.09. The van der Waals surface area contributed by atoms with Crippen LogP contribution in [0.3, 0.4) is 0 Å². The van der Waals surface area contributed by atoms with E-state index in [-0.39, 0.29) is 0 Å². The first-order chi connectivity index (χ1) is 7.45. The van der Waals surface area contributed by atoms with Gasteiger partial charge in [-0.1, -0.05) is 44.9 Å². The van der Waals surface area contributed by atoms with Crippen molar-refractivity contribution in [2.75, 3.05) is 19.8 Å². The van der Waals surface area contributed by atoms with Gasteiger partial charge in [0.1, 0.15) is 6.10 Å². The third-order valence-electron chi connectivity index (χ3n) is 3.58. The van der Waals surface area contributed by atoms with Gasteiger partial charge in [-0.05, 0) is 12.3 Å². The fourth-order valence-electron chi connectivity index (χ4n) is 2.49. The summed E-state index contributed by atoms with van der Waals surface area (Å²) in [7, 11) is 0. The Kier molecular flexibility index (Phi) is 4.94. The molecule has 1 aliphatic carbocycles.